The minimum absolute atomic E-state index is 0.00542. The molecule has 3 heteroatoms. The zero-order valence-corrected chi connectivity index (χ0v) is 12.6. The van der Waals surface area contributed by atoms with Crippen molar-refractivity contribution in [2.45, 2.75) is 12.8 Å². The zero-order valence-electron chi connectivity index (χ0n) is 12.6. The summed E-state index contributed by atoms with van der Waals surface area (Å²) in [6.45, 7) is 0. The number of benzene rings is 2. The van der Waals surface area contributed by atoms with Crippen LogP contribution in [0, 0.1) is 0 Å². The van der Waals surface area contributed by atoms with Crippen LogP contribution in [0.15, 0.2) is 60.2 Å². The second-order valence-corrected chi connectivity index (χ2v) is 5.77. The molecule has 112 valence electrons. The molecule has 1 aliphatic carbocycles. The van der Waals surface area contributed by atoms with Gasteiger partial charge in [-0.25, -0.2) is 0 Å². The number of nitrogens with zero attached hydrogens (tertiary/aromatic N) is 1. The summed E-state index contributed by atoms with van der Waals surface area (Å²) < 4.78 is 0. The van der Waals surface area contributed by atoms with E-state index in [0.29, 0.717) is 17.7 Å². The Morgan fingerprint density at radius 1 is 0.957 bits per heavy atom. The van der Waals surface area contributed by atoms with Crippen molar-refractivity contribution >= 4 is 28.4 Å². The van der Waals surface area contributed by atoms with Crippen molar-refractivity contribution in [3.05, 3.63) is 77.0 Å². The van der Waals surface area contributed by atoms with Crippen LogP contribution in [0.1, 0.15) is 28.0 Å². The third-order valence-electron chi connectivity index (χ3n) is 4.30. The number of anilines is 1. The molecule has 1 heterocycles. The standard InChI is InChI=1S/C20H16N2O/c21-19-15-8-4-5-9-16(15)22-17-11-10-14(20(23)18(17)19)12-13-6-2-1-3-7-13/h1-9,12H,10-11H2,(H2,21,22)/b14-12-. The fraction of sp³-hybridized carbons (Fsp3) is 0.100. The van der Waals surface area contributed by atoms with Crippen molar-refractivity contribution in [1.29, 1.82) is 0 Å². The Morgan fingerprint density at radius 3 is 2.52 bits per heavy atom. The highest BCUT2D eigenvalue weighted by Gasteiger charge is 2.26. The summed E-state index contributed by atoms with van der Waals surface area (Å²) in [5.41, 5.74) is 10.9. The molecule has 0 aliphatic heterocycles. The molecular formula is C20H16N2O. The average molecular weight is 300 g/mol. The van der Waals surface area contributed by atoms with E-state index in [4.69, 9.17) is 5.73 Å². The Hall–Kier alpha value is -2.94. The van der Waals surface area contributed by atoms with Gasteiger partial charge in [0.25, 0.3) is 0 Å². The number of para-hydroxylation sites is 1. The molecule has 3 nitrogen and oxygen atoms in total. The van der Waals surface area contributed by atoms with Crippen molar-refractivity contribution < 1.29 is 4.79 Å². The minimum Gasteiger partial charge on any atom is -0.398 e. The number of Topliss-reactive ketones (excluding diaryl/α,β-unsaturated/α-hetero) is 1. The van der Waals surface area contributed by atoms with Crippen molar-refractivity contribution in [2.24, 2.45) is 0 Å². The predicted molar refractivity (Wildman–Crippen MR) is 93.2 cm³/mol. The first-order chi connectivity index (χ1) is 11.2. The zero-order chi connectivity index (χ0) is 15.8. The first-order valence-corrected chi connectivity index (χ1v) is 7.71. The lowest BCUT2D eigenvalue weighted by atomic mass is 9.87. The van der Waals surface area contributed by atoms with Gasteiger partial charge >= 0.3 is 0 Å². The number of nitrogen functional groups attached to an aromatic ring is 1. The first-order valence-electron chi connectivity index (χ1n) is 7.71. The fourth-order valence-corrected chi connectivity index (χ4v) is 3.14. The number of rotatable bonds is 1. The van der Waals surface area contributed by atoms with Crippen LogP contribution in [0.25, 0.3) is 17.0 Å². The molecule has 0 fully saturated rings. The molecule has 0 amide bonds. The fourth-order valence-electron chi connectivity index (χ4n) is 3.14. The lowest BCUT2D eigenvalue weighted by Crippen LogP contribution is -2.18. The smallest absolute Gasteiger partial charge is 0.192 e. The lowest BCUT2D eigenvalue weighted by Gasteiger charge is -2.20. The van der Waals surface area contributed by atoms with Crippen LogP contribution in [0.3, 0.4) is 0 Å². The van der Waals surface area contributed by atoms with Crippen LogP contribution in [-0.2, 0) is 6.42 Å². The molecule has 23 heavy (non-hydrogen) atoms. The number of aromatic nitrogens is 1. The van der Waals surface area contributed by atoms with E-state index in [-0.39, 0.29) is 5.78 Å². The SMILES string of the molecule is Nc1c2c(nc3ccccc13)CC/C(=C/c1ccccc1)C2=O. The number of hydrogen-bond donors (Lipinski definition) is 1. The van der Waals surface area contributed by atoms with Gasteiger partial charge in [0.15, 0.2) is 5.78 Å². The van der Waals surface area contributed by atoms with Crippen LogP contribution in [0.2, 0.25) is 0 Å². The maximum absolute atomic E-state index is 12.9. The number of pyridine rings is 1. The molecule has 3 aromatic rings. The molecule has 0 atom stereocenters. The van der Waals surface area contributed by atoms with Crippen LogP contribution < -0.4 is 5.73 Å². The molecule has 4 rings (SSSR count). The van der Waals surface area contributed by atoms with Gasteiger partial charge in [-0.3, -0.25) is 9.78 Å². The minimum atomic E-state index is 0.00542. The molecular weight excluding hydrogens is 284 g/mol. The number of carbonyl (C=O) groups excluding carboxylic acids is 1. The molecule has 0 radical (unpaired) electrons. The van der Waals surface area contributed by atoms with Gasteiger partial charge in [-0.2, -0.15) is 0 Å². The van der Waals surface area contributed by atoms with E-state index in [1.54, 1.807) is 0 Å². The Bertz CT molecular complexity index is 943. The highest BCUT2D eigenvalue weighted by Crippen LogP contribution is 2.33. The number of ketones is 1. The topological polar surface area (TPSA) is 56.0 Å². The predicted octanol–water partition coefficient (Wildman–Crippen LogP) is 4.03. The summed E-state index contributed by atoms with van der Waals surface area (Å²) in [4.78, 5) is 17.5. The highest BCUT2D eigenvalue weighted by atomic mass is 16.1. The molecule has 2 N–H and O–H groups in total. The third kappa shape index (κ3) is 2.30. The summed E-state index contributed by atoms with van der Waals surface area (Å²) in [6, 6.07) is 17.6. The van der Waals surface area contributed by atoms with Crippen LogP contribution >= 0.6 is 0 Å². The third-order valence-corrected chi connectivity index (χ3v) is 4.30. The maximum atomic E-state index is 12.9. The molecule has 0 bridgehead atoms. The van der Waals surface area contributed by atoms with Gasteiger partial charge in [0.05, 0.1) is 22.5 Å². The van der Waals surface area contributed by atoms with Gasteiger partial charge in [-0.15, -0.1) is 0 Å². The van der Waals surface area contributed by atoms with Gasteiger partial charge in [-0.05, 0) is 30.5 Å². The summed E-state index contributed by atoms with van der Waals surface area (Å²) in [5.74, 6) is 0.00542. The Kier molecular flexibility index (Phi) is 3.19. The average Bonchev–Trinajstić information content (AvgIpc) is 2.58. The van der Waals surface area contributed by atoms with Gasteiger partial charge < -0.3 is 5.73 Å². The molecule has 1 aromatic heterocycles. The van der Waals surface area contributed by atoms with Crippen molar-refractivity contribution in [3.63, 3.8) is 0 Å². The Labute approximate surface area is 134 Å². The number of carbonyl (C=O) groups is 1. The van der Waals surface area contributed by atoms with Crippen molar-refractivity contribution in [2.75, 3.05) is 5.73 Å². The lowest BCUT2D eigenvalue weighted by molar-refractivity contribution is 0.102. The molecule has 0 spiro atoms. The van der Waals surface area contributed by atoms with Gasteiger partial charge in [0.2, 0.25) is 0 Å². The summed E-state index contributed by atoms with van der Waals surface area (Å²) in [5, 5.41) is 0.848. The van der Waals surface area contributed by atoms with Gasteiger partial charge in [0, 0.05) is 11.0 Å². The van der Waals surface area contributed by atoms with Crippen molar-refractivity contribution in [1.82, 2.24) is 4.98 Å². The van der Waals surface area contributed by atoms with E-state index >= 15 is 0 Å². The Morgan fingerprint density at radius 2 is 1.70 bits per heavy atom. The van der Waals surface area contributed by atoms with Crippen LogP contribution in [0.5, 0.6) is 0 Å². The maximum Gasteiger partial charge on any atom is 0.192 e. The second-order valence-electron chi connectivity index (χ2n) is 5.77. The summed E-state index contributed by atoms with van der Waals surface area (Å²) in [6.07, 6.45) is 3.40. The van der Waals surface area contributed by atoms with E-state index < -0.39 is 0 Å². The molecule has 1 aliphatic rings. The van der Waals surface area contributed by atoms with Gasteiger partial charge in [-0.1, -0.05) is 48.5 Å². The number of nitrogens with two attached hydrogens (primary N) is 1. The number of fused-ring (bicyclic) bond motifs is 2. The van der Waals surface area contributed by atoms with E-state index in [9.17, 15) is 4.79 Å². The summed E-state index contributed by atoms with van der Waals surface area (Å²) >= 11 is 0. The molecule has 2 aromatic carbocycles. The van der Waals surface area contributed by atoms with E-state index in [1.165, 1.54) is 0 Å². The van der Waals surface area contributed by atoms with E-state index in [1.807, 2.05) is 60.7 Å². The van der Waals surface area contributed by atoms with Gasteiger partial charge in [0.1, 0.15) is 0 Å². The number of hydrogen-bond acceptors (Lipinski definition) is 3. The largest absolute Gasteiger partial charge is 0.398 e. The number of allylic oxidation sites excluding steroid dienone is 1. The summed E-state index contributed by atoms with van der Waals surface area (Å²) in [7, 11) is 0. The van der Waals surface area contributed by atoms with Crippen LogP contribution in [-0.4, -0.2) is 10.8 Å². The normalized spacial score (nSPS) is 15.8. The molecule has 0 unspecified atom stereocenters. The molecule has 0 saturated carbocycles. The second kappa shape index (κ2) is 5.36. The highest BCUT2D eigenvalue weighted by molar-refractivity contribution is 6.18. The number of aryl methyl sites for hydroxylation is 1. The van der Waals surface area contributed by atoms with E-state index in [2.05, 4.69) is 4.98 Å². The first kappa shape index (κ1) is 13.7. The quantitative estimate of drug-likeness (QED) is 0.690. The van der Waals surface area contributed by atoms with Crippen molar-refractivity contribution in [3.8, 4) is 0 Å². The molecule has 0 saturated heterocycles. The monoisotopic (exact) mass is 300 g/mol. The van der Waals surface area contributed by atoms with Crippen LogP contribution in [0.4, 0.5) is 5.69 Å². The van der Waals surface area contributed by atoms with E-state index in [0.717, 1.165) is 34.2 Å². The Balaban J connectivity index is 1.85.